The minimum Gasteiger partial charge on any atom is -0.502 e. The molecule has 1 aliphatic rings. The highest BCUT2D eigenvalue weighted by molar-refractivity contribution is 8.26. The van der Waals surface area contributed by atoms with Gasteiger partial charge in [-0.15, -0.1) is 0 Å². The maximum absolute atomic E-state index is 12.6. The van der Waals surface area contributed by atoms with Crippen LogP contribution in [0.2, 0.25) is 0 Å². The van der Waals surface area contributed by atoms with Crippen molar-refractivity contribution in [3.05, 3.63) is 74.2 Å². The number of benzene rings is 2. The molecule has 0 bridgehead atoms. The van der Waals surface area contributed by atoms with Gasteiger partial charge in [0.15, 0.2) is 5.75 Å². The smallest absolute Gasteiger partial charge is 0.311 e. The van der Waals surface area contributed by atoms with E-state index in [0.717, 1.165) is 22.9 Å². The van der Waals surface area contributed by atoms with Crippen molar-refractivity contribution in [3.63, 3.8) is 0 Å². The summed E-state index contributed by atoms with van der Waals surface area (Å²) in [5.74, 6) is -0.657. The lowest BCUT2D eigenvalue weighted by molar-refractivity contribution is -0.385. The van der Waals surface area contributed by atoms with E-state index in [-0.39, 0.29) is 5.91 Å². The zero-order valence-corrected chi connectivity index (χ0v) is 15.3. The quantitative estimate of drug-likeness (QED) is 0.370. The average Bonchev–Trinajstić information content (AvgIpc) is 2.85. The van der Waals surface area contributed by atoms with E-state index in [1.165, 1.54) is 23.1 Å². The van der Waals surface area contributed by atoms with Crippen LogP contribution < -0.4 is 0 Å². The van der Waals surface area contributed by atoms with Crippen molar-refractivity contribution in [2.24, 2.45) is 0 Å². The molecule has 132 valence electrons. The first-order valence-corrected chi connectivity index (χ1v) is 8.86. The van der Waals surface area contributed by atoms with Gasteiger partial charge in [0.25, 0.3) is 5.91 Å². The summed E-state index contributed by atoms with van der Waals surface area (Å²) in [7, 11) is 0. The van der Waals surface area contributed by atoms with Crippen molar-refractivity contribution < 1.29 is 14.8 Å². The van der Waals surface area contributed by atoms with E-state index >= 15 is 0 Å². The van der Waals surface area contributed by atoms with Gasteiger partial charge in [-0.3, -0.25) is 19.8 Å². The van der Waals surface area contributed by atoms with Crippen molar-refractivity contribution >= 4 is 46.0 Å². The number of phenolic OH excluding ortho intramolecular Hbond substituents is 1. The number of phenols is 1. The standard InChI is InChI=1S/C18H14N2O4S2/c1-11-2-4-12(5-3-11)10-19-17(22)16(26-18(19)25)9-13-6-7-15(21)14(8-13)20(23)24/h2-9,21H,10H2,1H3/b16-9-. The van der Waals surface area contributed by atoms with E-state index in [2.05, 4.69) is 0 Å². The molecule has 1 amide bonds. The molecular formula is C18H14N2O4S2. The fourth-order valence-corrected chi connectivity index (χ4v) is 3.70. The normalized spacial score (nSPS) is 15.7. The highest BCUT2D eigenvalue weighted by Gasteiger charge is 2.32. The summed E-state index contributed by atoms with van der Waals surface area (Å²) in [6.45, 7) is 2.36. The molecule has 6 nitrogen and oxygen atoms in total. The number of carbonyl (C=O) groups excluding carboxylic acids is 1. The van der Waals surface area contributed by atoms with Crippen LogP contribution in [0, 0.1) is 17.0 Å². The van der Waals surface area contributed by atoms with Crippen LogP contribution >= 0.6 is 24.0 Å². The molecule has 1 fully saturated rings. The number of hydrogen-bond acceptors (Lipinski definition) is 6. The molecule has 0 atom stereocenters. The Labute approximate surface area is 159 Å². The van der Waals surface area contributed by atoms with Gasteiger partial charge in [0, 0.05) is 6.07 Å². The fourth-order valence-electron chi connectivity index (χ4n) is 2.44. The lowest BCUT2D eigenvalue weighted by Crippen LogP contribution is -2.27. The summed E-state index contributed by atoms with van der Waals surface area (Å²) < 4.78 is 0.440. The van der Waals surface area contributed by atoms with Crippen LogP contribution in [0.15, 0.2) is 47.4 Å². The van der Waals surface area contributed by atoms with Gasteiger partial charge in [-0.1, -0.05) is 59.9 Å². The second kappa shape index (κ2) is 7.27. The maximum atomic E-state index is 12.6. The number of thiocarbonyl (C=S) groups is 1. The third-order valence-electron chi connectivity index (χ3n) is 3.83. The molecular weight excluding hydrogens is 372 g/mol. The largest absolute Gasteiger partial charge is 0.502 e. The van der Waals surface area contributed by atoms with Gasteiger partial charge < -0.3 is 5.11 Å². The second-order valence-electron chi connectivity index (χ2n) is 5.76. The van der Waals surface area contributed by atoms with E-state index in [1.807, 2.05) is 31.2 Å². The van der Waals surface area contributed by atoms with Gasteiger partial charge in [-0.2, -0.15) is 0 Å². The summed E-state index contributed by atoms with van der Waals surface area (Å²) in [5.41, 5.74) is 2.14. The molecule has 8 heteroatoms. The molecule has 0 aromatic heterocycles. The number of carbonyl (C=O) groups is 1. The van der Waals surface area contributed by atoms with Crippen LogP contribution in [0.1, 0.15) is 16.7 Å². The van der Waals surface area contributed by atoms with Crippen LogP contribution in [-0.4, -0.2) is 25.2 Å². The van der Waals surface area contributed by atoms with Crippen molar-refractivity contribution in [1.29, 1.82) is 0 Å². The minimum absolute atomic E-state index is 0.240. The lowest BCUT2D eigenvalue weighted by Gasteiger charge is -2.14. The predicted octanol–water partition coefficient (Wildman–Crippen LogP) is 4.01. The summed E-state index contributed by atoms with van der Waals surface area (Å²) in [4.78, 5) is 24.8. The van der Waals surface area contributed by atoms with Crippen molar-refractivity contribution in [2.75, 3.05) is 0 Å². The maximum Gasteiger partial charge on any atom is 0.311 e. The van der Waals surface area contributed by atoms with Crippen LogP contribution in [0.4, 0.5) is 5.69 Å². The molecule has 26 heavy (non-hydrogen) atoms. The topological polar surface area (TPSA) is 83.7 Å². The van der Waals surface area contributed by atoms with E-state index in [1.54, 1.807) is 6.08 Å². The zero-order chi connectivity index (χ0) is 18.8. The first-order chi connectivity index (χ1) is 12.3. The molecule has 1 saturated heterocycles. The van der Waals surface area contributed by atoms with Crippen LogP contribution in [0.3, 0.4) is 0 Å². The molecule has 1 aliphatic heterocycles. The van der Waals surface area contributed by atoms with E-state index in [0.29, 0.717) is 21.3 Å². The van der Waals surface area contributed by atoms with Gasteiger partial charge in [0.05, 0.1) is 16.4 Å². The Morgan fingerprint density at radius 1 is 1.27 bits per heavy atom. The number of nitrogens with zero attached hydrogens (tertiary/aromatic N) is 2. The fraction of sp³-hybridized carbons (Fsp3) is 0.111. The van der Waals surface area contributed by atoms with Crippen molar-refractivity contribution in [2.45, 2.75) is 13.5 Å². The van der Waals surface area contributed by atoms with Gasteiger partial charge >= 0.3 is 5.69 Å². The Bertz CT molecular complexity index is 939. The molecule has 0 aliphatic carbocycles. The Morgan fingerprint density at radius 3 is 2.62 bits per heavy atom. The number of aromatic hydroxyl groups is 1. The molecule has 2 aromatic carbocycles. The number of aryl methyl sites for hydroxylation is 1. The third-order valence-corrected chi connectivity index (χ3v) is 5.21. The van der Waals surface area contributed by atoms with Gasteiger partial charge in [0.2, 0.25) is 0 Å². The SMILES string of the molecule is Cc1ccc(CN2C(=O)/C(=C/c3ccc(O)c([N+](=O)[O-])c3)SC2=S)cc1. The summed E-state index contributed by atoms with van der Waals surface area (Å²) >= 11 is 6.46. The first-order valence-electron chi connectivity index (χ1n) is 7.63. The van der Waals surface area contributed by atoms with Crippen molar-refractivity contribution in [3.8, 4) is 5.75 Å². The summed E-state index contributed by atoms with van der Waals surface area (Å²) in [5, 5.41) is 20.5. The van der Waals surface area contributed by atoms with E-state index in [4.69, 9.17) is 12.2 Å². The number of hydrogen-bond donors (Lipinski definition) is 1. The Morgan fingerprint density at radius 2 is 1.96 bits per heavy atom. The van der Waals surface area contributed by atoms with E-state index < -0.39 is 16.4 Å². The third kappa shape index (κ3) is 3.76. The number of nitro benzene ring substituents is 1. The number of nitro groups is 1. The summed E-state index contributed by atoms with van der Waals surface area (Å²) in [6, 6.07) is 11.8. The van der Waals surface area contributed by atoms with Gasteiger partial charge in [-0.25, -0.2) is 0 Å². The zero-order valence-electron chi connectivity index (χ0n) is 13.7. The highest BCUT2D eigenvalue weighted by atomic mass is 32.2. The number of amides is 1. The molecule has 1 N–H and O–H groups in total. The number of thioether (sulfide) groups is 1. The molecule has 0 unspecified atom stereocenters. The molecule has 2 aromatic rings. The van der Waals surface area contributed by atoms with E-state index in [9.17, 15) is 20.0 Å². The average molecular weight is 386 g/mol. The Balaban J connectivity index is 1.84. The van der Waals surface area contributed by atoms with Crippen LogP contribution in [0.25, 0.3) is 6.08 Å². The predicted molar refractivity (Wildman–Crippen MR) is 105 cm³/mol. The molecule has 0 radical (unpaired) electrons. The minimum atomic E-state index is -0.671. The Hall–Kier alpha value is -2.71. The number of rotatable bonds is 4. The van der Waals surface area contributed by atoms with Crippen LogP contribution in [0.5, 0.6) is 5.75 Å². The second-order valence-corrected chi connectivity index (χ2v) is 7.43. The van der Waals surface area contributed by atoms with Crippen molar-refractivity contribution in [1.82, 2.24) is 4.90 Å². The first kappa shape index (κ1) is 18.1. The lowest BCUT2D eigenvalue weighted by atomic mass is 10.1. The molecule has 0 saturated carbocycles. The van der Waals surface area contributed by atoms with Crippen LogP contribution in [-0.2, 0) is 11.3 Å². The molecule has 1 heterocycles. The summed E-state index contributed by atoms with van der Waals surface area (Å²) in [6.07, 6.45) is 1.54. The highest BCUT2D eigenvalue weighted by Crippen LogP contribution is 2.35. The molecule has 3 rings (SSSR count). The van der Waals surface area contributed by atoms with Gasteiger partial charge in [0.1, 0.15) is 4.32 Å². The monoisotopic (exact) mass is 386 g/mol. The van der Waals surface area contributed by atoms with Gasteiger partial charge in [-0.05, 0) is 30.2 Å². The Kier molecular flexibility index (Phi) is 5.06. The molecule has 0 spiro atoms.